The molecule has 0 spiro atoms. The van der Waals surface area contributed by atoms with Gasteiger partial charge in [0.1, 0.15) is 0 Å². The van der Waals surface area contributed by atoms with E-state index < -0.39 is 10.0 Å². The van der Waals surface area contributed by atoms with Gasteiger partial charge in [-0.25, -0.2) is 18.1 Å². The molecule has 2 aromatic rings. The van der Waals surface area contributed by atoms with Crippen LogP contribution in [0.15, 0.2) is 35.1 Å². The quantitative estimate of drug-likeness (QED) is 0.824. The molecule has 6 nitrogen and oxygen atoms in total. The first-order valence-corrected chi connectivity index (χ1v) is 8.13. The number of nitrogens with one attached hydrogen (secondary N) is 1. The average Bonchev–Trinajstić information content (AvgIpc) is 2.97. The van der Waals surface area contributed by atoms with E-state index in [9.17, 15) is 8.42 Å². The minimum absolute atomic E-state index is 0.222. The molecule has 2 rings (SSSR count). The Morgan fingerprint density at radius 3 is 2.95 bits per heavy atom. The standard InChI is InChI=1S/C11H16N4O2S2/c1-9(6-15-3-2-13-8-15)14-19(16,17)11-4-10(5-12)18-7-11/h2-4,7-9,14H,5-6,12H2,1H3. The lowest BCUT2D eigenvalue weighted by Gasteiger charge is -2.13. The van der Waals surface area contributed by atoms with Crippen molar-refractivity contribution in [2.45, 2.75) is 31.0 Å². The summed E-state index contributed by atoms with van der Waals surface area (Å²) in [5, 5.41) is 1.61. The topological polar surface area (TPSA) is 90.0 Å². The van der Waals surface area contributed by atoms with E-state index in [1.807, 2.05) is 11.5 Å². The molecular weight excluding hydrogens is 284 g/mol. The largest absolute Gasteiger partial charge is 0.336 e. The zero-order valence-electron chi connectivity index (χ0n) is 10.5. The highest BCUT2D eigenvalue weighted by molar-refractivity contribution is 7.89. The van der Waals surface area contributed by atoms with Crippen molar-refractivity contribution in [2.75, 3.05) is 0 Å². The highest BCUT2D eigenvalue weighted by atomic mass is 32.2. The van der Waals surface area contributed by atoms with Gasteiger partial charge in [-0.15, -0.1) is 11.3 Å². The molecule has 2 aromatic heterocycles. The van der Waals surface area contributed by atoms with E-state index in [4.69, 9.17) is 5.73 Å². The molecule has 0 saturated carbocycles. The Bertz CT molecular complexity index is 619. The number of nitrogens with zero attached hydrogens (tertiary/aromatic N) is 2. The third-order valence-corrected chi connectivity index (χ3v) is 5.22. The summed E-state index contributed by atoms with van der Waals surface area (Å²) in [5.41, 5.74) is 5.48. The minimum atomic E-state index is -3.48. The third-order valence-electron chi connectivity index (χ3n) is 2.54. The zero-order valence-corrected chi connectivity index (χ0v) is 12.1. The first-order valence-electron chi connectivity index (χ1n) is 5.77. The van der Waals surface area contributed by atoms with Crippen molar-refractivity contribution >= 4 is 21.4 Å². The predicted octanol–water partition coefficient (Wildman–Crippen LogP) is 0.770. The normalized spacial score (nSPS) is 13.6. The van der Waals surface area contributed by atoms with Gasteiger partial charge in [0.2, 0.25) is 10.0 Å². The fraction of sp³-hybridized carbons (Fsp3) is 0.364. The molecule has 0 aromatic carbocycles. The molecule has 2 heterocycles. The Labute approximate surface area is 116 Å². The summed E-state index contributed by atoms with van der Waals surface area (Å²) in [4.78, 5) is 5.04. The van der Waals surface area contributed by atoms with Crippen molar-refractivity contribution < 1.29 is 8.42 Å². The van der Waals surface area contributed by atoms with Crippen molar-refractivity contribution in [3.63, 3.8) is 0 Å². The average molecular weight is 300 g/mol. The maximum atomic E-state index is 12.1. The number of thiophene rings is 1. The van der Waals surface area contributed by atoms with E-state index in [1.165, 1.54) is 11.3 Å². The van der Waals surface area contributed by atoms with Gasteiger partial charge in [0.05, 0.1) is 11.2 Å². The van der Waals surface area contributed by atoms with Crippen LogP contribution in [0.1, 0.15) is 11.8 Å². The Morgan fingerprint density at radius 1 is 1.58 bits per heavy atom. The summed E-state index contributed by atoms with van der Waals surface area (Å²) in [6.07, 6.45) is 5.11. The lowest BCUT2D eigenvalue weighted by atomic mass is 10.4. The van der Waals surface area contributed by atoms with Crippen LogP contribution in [0.25, 0.3) is 0 Å². The Morgan fingerprint density at radius 2 is 2.37 bits per heavy atom. The van der Waals surface area contributed by atoms with E-state index in [1.54, 1.807) is 30.2 Å². The molecule has 3 N–H and O–H groups in total. The SMILES string of the molecule is CC(Cn1ccnc1)NS(=O)(=O)c1csc(CN)c1. The van der Waals surface area contributed by atoms with Crippen LogP contribution in [0.4, 0.5) is 0 Å². The number of nitrogens with two attached hydrogens (primary N) is 1. The van der Waals surface area contributed by atoms with E-state index in [0.717, 1.165) is 4.88 Å². The predicted molar refractivity (Wildman–Crippen MR) is 74.2 cm³/mol. The number of hydrogen-bond acceptors (Lipinski definition) is 5. The fourth-order valence-electron chi connectivity index (χ4n) is 1.69. The lowest BCUT2D eigenvalue weighted by molar-refractivity contribution is 0.520. The highest BCUT2D eigenvalue weighted by Gasteiger charge is 2.18. The van der Waals surface area contributed by atoms with Crippen LogP contribution in [0.3, 0.4) is 0 Å². The third kappa shape index (κ3) is 3.63. The fourth-order valence-corrected chi connectivity index (χ4v) is 4.08. The van der Waals surface area contributed by atoms with Crippen LogP contribution in [0.2, 0.25) is 0 Å². The van der Waals surface area contributed by atoms with E-state index in [0.29, 0.717) is 13.1 Å². The number of hydrogen-bond donors (Lipinski definition) is 2. The molecule has 1 atom stereocenters. The van der Waals surface area contributed by atoms with Gasteiger partial charge in [0, 0.05) is 41.8 Å². The number of imidazole rings is 1. The second-order valence-electron chi connectivity index (χ2n) is 4.23. The molecular formula is C11H16N4O2S2. The lowest BCUT2D eigenvalue weighted by Crippen LogP contribution is -2.35. The van der Waals surface area contributed by atoms with Crippen molar-refractivity contribution in [1.29, 1.82) is 0 Å². The molecule has 1 unspecified atom stereocenters. The van der Waals surface area contributed by atoms with Gasteiger partial charge in [-0.3, -0.25) is 0 Å². The van der Waals surface area contributed by atoms with Crippen LogP contribution < -0.4 is 10.5 Å². The van der Waals surface area contributed by atoms with Crippen LogP contribution in [-0.4, -0.2) is 24.0 Å². The van der Waals surface area contributed by atoms with Crippen LogP contribution in [0, 0.1) is 0 Å². The summed E-state index contributed by atoms with van der Waals surface area (Å²) in [5.74, 6) is 0. The van der Waals surface area contributed by atoms with Gasteiger partial charge < -0.3 is 10.3 Å². The smallest absolute Gasteiger partial charge is 0.241 e. The first-order chi connectivity index (χ1) is 9.01. The molecule has 0 bridgehead atoms. The van der Waals surface area contributed by atoms with Gasteiger partial charge in [-0.05, 0) is 13.0 Å². The van der Waals surface area contributed by atoms with Gasteiger partial charge in [-0.1, -0.05) is 0 Å². The van der Waals surface area contributed by atoms with Gasteiger partial charge in [-0.2, -0.15) is 0 Å². The highest BCUT2D eigenvalue weighted by Crippen LogP contribution is 2.18. The molecule has 0 aliphatic carbocycles. The second-order valence-corrected chi connectivity index (χ2v) is 6.94. The van der Waals surface area contributed by atoms with Crippen LogP contribution in [0.5, 0.6) is 0 Å². The molecule has 0 saturated heterocycles. The molecule has 0 aliphatic heterocycles. The van der Waals surface area contributed by atoms with Gasteiger partial charge >= 0.3 is 0 Å². The van der Waals surface area contributed by atoms with E-state index in [2.05, 4.69) is 9.71 Å². The molecule has 0 aliphatic rings. The Kier molecular flexibility index (Phi) is 4.35. The number of sulfonamides is 1. The number of rotatable bonds is 6. The number of aromatic nitrogens is 2. The molecule has 0 radical (unpaired) electrons. The summed E-state index contributed by atoms with van der Waals surface area (Å²) < 4.78 is 28.7. The summed E-state index contributed by atoms with van der Waals surface area (Å²) in [6.45, 7) is 2.70. The van der Waals surface area contributed by atoms with Crippen molar-refractivity contribution in [1.82, 2.24) is 14.3 Å². The van der Waals surface area contributed by atoms with Crippen molar-refractivity contribution in [2.24, 2.45) is 5.73 Å². The Balaban J connectivity index is 2.04. The van der Waals surface area contributed by atoms with Gasteiger partial charge in [0.25, 0.3) is 0 Å². The molecule has 0 amide bonds. The van der Waals surface area contributed by atoms with Crippen LogP contribution >= 0.6 is 11.3 Å². The van der Waals surface area contributed by atoms with E-state index in [-0.39, 0.29) is 10.9 Å². The first kappa shape index (κ1) is 14.2. The minimum Gasteiger partial charge on any atom is -0.336 e. The van der Waals surface area contributed by atoms with Gasteiger partial charge in [0.15, 0.2) is 0 Å². The second kappa shape index (κ2) is 5.83. The summed E-state index contributed by atoms with van der Waals surface area (Å²) in [6, 6.07) is 1.39. The monoisotopic (exact) mass is 300 g/mol. The van der Waals surface area contributed by atoms with E-state index >= 15 is 0 Å². The Hall–Kier alpha value is -1.22. The maximum absolute atomic E-state index is 12.1. The molecule has 8 heteroatoms. The van der Waals surface area contributed by atoms with Crippen molar-refractivity contribution in [3.8, 4) is 0 Å². The zero-order chi connectivity index (χ0) is 13.9. The summed E-state index contributed by atoms with van der Waals surface area (Å²) in [7, 11) is -3.48. The van der Waals surface area contributed by atoms with Crippen LogP contribution in [-0.2, 0) is 23.1 Å². The van der Waals surface area contributed by atoms with Crippen molar-refractivity contribution in [3.05, 3.63) is 35.0 Å². The molecule has 0 fully saturated rings. The molecule has 19 heavy (non-hydrogen) atoms. The molecule has 104 valence electrons. The summed E-state index contributed by atoms with van der Waals surface area (Å²) >= 11 is 1.35. The maximum Gasteiger partial charge on any atom is 0.241 e.